The quantitative estimate of drug-likeness (QED) is 0.901. The molecule has 0 radical (unpaired) electrons. The maximum atomic E-state index is 11.2. The van der Waals surface area contributed by atoms with E-state index < -0.39 is 0 Å². The second-order valence-corrected chi connectivity index (χ2v) is 5.77. The average Bonchev–Trinajstić information content (AvgIpc) is 2.79. The van der Waals surface area contributed by atoms with E-state index in [9.17, 15) is 4.79 Å². The molecule has 1 aromatic rings. The van der Waals surface area contributed by atoms with Crippen LogP contribution in [0.25, 0.3) is 0 Å². The minimum Gasteiger partial charge on any atom is -0.496 e. The number of hydrogen-bond acceptors (Lipinski definition) is 2. The van der Waals surface area contributed by atoms with Crippen LogP contribution in [0.1, 0.15) is 43.2 Å². The van der Waals surface area contributed by atoms with Gasteiger partial charge in [-0.05, 0) is 64.4 Å². The van der Waals surface area contributed by atoms with Crippen LogP contribution in [0.2, 0.25) is 0 Å². The van der Waals surface area contributed by atoms with E-state index in [2.05, 4.69) is 33.4 Å². The topological polar surface area (TPSA) is 38.3 Å². The largest absolute Gasteiger partial charge is 0.496 e. The number of carbonyl (C=O) groups is 1. The molecular weight excluding hydrogens is 306 g/mol. The highest BCUT2D eigenvalue weighted by molar-refractivity contribution is 9.10. The normalized spacial score (nSPS) is 17.1. The van der Waals surface area contributed by atoms with Gasteiger partial charge in [-0.3, -0.25) is 4.79 Å². The highest BCUT2D eigenvalue weighted by atomic mass is 79.9. The van der Waals surface area contributed by atoms with Crippen LogP contribution in [0.5, 0.6) is 5.75 Å². The number of nitrogens with one attached hydrogen (secondary N) is 1. The molecule has 0 aromatic heterocycles. The van der Waals surface area contributed by atoms with Gasteiger partial charge in [-0.25, -0.2) is 0 Å². The number of benzene rings is 1. The number of carbonyl (C=O) groups excluding carboxylic acids is 1. The fourth-order valence-corrected chi connectivity index (χ4v) is 3.21. The van der Waals surface area contributed by atoms with Crippen molar-refractivity contribution < 1.29 is 9.53 Å². The summed E-state index contributed by atoms with van der Waals surface area (Å²) in [5, 5.41) is 2.95. The summed E-state index contributed by atoms with van der Waals surface area (Å²) in [6, 6.07) is 4.30. The Morgan fingerprint density at radius 1 is 1.53 bits per heavy atom. The van der Waals surface area contributed by atoms with E-state index in [1.807, 2.05) is 6.92 Å². The Kier molecular flexibility index (Phi) is 4.86. The highest BCUT2D eigenvalue weighted by Crippen LogP contribution is 2.40. The third-order valence-electron chi connectivity index (χ3n) is 3.75. The third kappa shape index (κ3) is 3.30. The molecular formula is C15H20BrNO2. The lowest BCUT2D eigenvalue weighted by atomic mass is 9.97. The number of hydrogen-bond donors (Lipinski definition) is 1. The van der Waals surface area contributed by atoms with Gasteiger partial charge in [0.1, 0.15) is 5.75 Å². The summed E-state index contributed by atoms with van der Waals surface area (Å²) in [5.74, 6) is 1.56. The molecule has 0 spiro atoms. The fourth-order valence-electron chi connectivity index (χ4n) is 2.66. The molecule has 0 unspecified atom stereocenters. The highest BCUT2D eigenvalue weighted by Gasteiger charge is 2.24. The molecule has 1 amide bonds. The zero-order valence-electron chi connectivity index (χ0n) is 11.5. The summed E-state index contributed by atoms with van der Waals surface area (Å²) < 4.78 is 6.38. The van der Waals surface area contributed by atoms with Crippen molar-refractivity contribution in [1.29, 1.82) is 0 Å². The first kappa shape index (κ1) is 14.4. The Balaban J connectivity index is 2.02. The van der Waals surface area contributed by atoms with Gasteiger partial charge in [0.2, 0.25) is 5.91 Å². The van der Waals surface area contributed by atoms with Gasteiger partial charge in [-0.15, -0.1) is 0 Å². The van der Waals surface area contributed by atoms with Crippen molar-refractivity contribution in [1.82, 2.24) is 5.32 Å². The van der Waals surface area contributed by atoms with Gasteiger partial charge in [0.05, 0.1) is 11.6 Å². The molecule has 19 heavy (non-hydrogen) atoms. The maximum absolute atomic E-state index is 11.2. The molecule has 0 bridgehead atoms. The Labute approximate surface area is 122 Å². The van der Waals surface area contributed by atoms with E-state index >= 15 is 0 Å². The van der Waals surface area contributed by atoms with Gasteiger partial charge in [0.25, 0.3) is 0 Å². The molecule has 4 heteroatoms. The first-order valence-corrected chi connectivity index (χ1v) is 7.58. The molecule has 0 saturated heterocycles. The molecule has 1 atom stereocenters. The van der Waals surface area contributed by atoms with Crippen molar-refractivity contribution in [2.75, 3.05) is 13.7 Å². The molecule has 0 heterocycles. The summed E-state index contributed by atoms with van der Waals surface area (Å²) in [4.78, 5) is 11.2. The third-order valence-corrected chi connectivity index (χ3v) is 4.37. The van der Waals surface area contributed by atoms with Crippen molar-refractivity contribution >= 4 is 21.8 Å². The predicted octanol–water partition coefficient (Wildman–Crippen LogP) is 3.40. The van der Waals surface area contributed by atoms with Crippen LogP contribution in [0.4, 0.5) is 0 Å². The summed E-state index contributed by atoms with van der Waals surface area (Å²) in [6.45, 7) is 2.64. The Hall–Kier alpha value is -1.03. The number of ether oxygens (including phenoxy) is 1. The minimum absolute atomic E-state index is 0.131. The minimum atomic E-state index is 0.131. The number of halogens is 1. The van der Waals surface area contributed by atoms with E-state index in [4.69, 9.17) is 4.74 Å². The zero-order valence-corrected chi connectivity index (χ0v) is 13.0. The van der Waals surface area contributed by atoms with Crippen molar-refractivity contribution in [3.05, 3.63) is 27.7 Å². The van der Waals surface area contributed by atoms with Crippen LogP contribution >= 0.6 is 15.9 Å². The molecule has 0 fully saturated rings. The van der Waals surface area contributed by atoms with Gasteiger partial charge in [-0.1, -0.05) is 6.92 Å². The van der Waals surface area contributed by atoms with Gasteiger partial charge >= 0.3 is 0 Å². The van der Waals surface area contributed by atoms with Crippen molar-refractivity contribution in [2.24, 2.45) is 0 Å². The lowest BCUT2D eigenvalue weighted by molar-refractivity contribution is -0.120. The smallest absolute Gasteiger partial charge is 0.219 e. The molecule has 0 aliphatic heterocycles. The van der Waals surface area contributed by atoms with Gasteiger partial charge in [0.15, 0.2) is 0 Å². The summed E-state index contributed by atoms with van der Waals surface area (Å²) in [6.07, 6.45) is 3.84. The van der Waals surface area contributed by atoms with E-state index in [-0.39, 0.29) is 5.91 Å². The Bertz CT molecular complexity index is 473. The average molecular weight is 326 g/mol. The number of methoxy groups -OCH3 is 1. The van der Waals surface area contributed by atoms with Crippen molar-refractivity contribution in [3.63, 3.8) is 0 Å². The number of fused-ring (bicyclic) bond motifs is 1. The van der Waals surface area contributed by atoms with Crippen LogP contribution in [-0.2, 0) is 11.2 Å². The molecule has 2 rings (SSSR count). The second-order valence-electron chi connectivity index (χ2n) is 4.91. The Morgan fingerprint density at radius 2 is 2.32 bits per heavy atom. The van der Waals surface area contributed by atoms with Gasteiger partial charge in [-0.2, -0.15) is 0 Å². The first-order chi connectivity index (χ1) is 9.15. The van der Waals surface area contributed by atoms with Crippen LogP contribution in [0, 0.1) is 0 Å². The van der Waals surface area contributed by atoms with Crippen LogP contribution in [0.3, 0.4) is 0 Å². The molecule has 3 nitrogen and oxygen atoms in total. The zero-order chi connectivity index (χ0) is 13.8. The second kappa shape index (κ2) is 6.42. The van der Waals surface area contributed by atoms with Crippen LogP contribution in [-0.4, -0.2) is 19.6 Å². The Morgan fingerprint density at radius 3 is 3.00 bits per heavy atom. The number of rotatable bonds is 5. The van der Waals surface area contributed by atoms with E-state index in [0.29, 0.717) is 12.3 Å². The van der Waals surface area contributed by atoms with E-state index in [0.717, 1.165) is 36.0 Å². The monoisotopic (exact) mass is 325 g/mol. The molecule has 1 aliphatic rings. The fraction of sp³-hybridized carbons (Fsp3) is 0.533. The molecule has 1 aliphatic carbocycles. The van der Waals surface area contributed by atoms with Crippen LogP contribution < -0.4 is 10.1 Å². The first-order valence-electron chi connectivity index (χ1n) is 6.78. The number of amides is 1. The summed E-state index contributed by atoms with van der Waals surface area (Å²) in [5.41, 5.74) is 2.78. The molecule has 104 valence electrons. The molecule has 1 aromatic carbocycles. The van der Waals surface area contributed by atoms with E-state index in [1.165, 1.54) is 11.1 Å². The maximum Gasteiger partial charge on any atom is 0.219 e. The molecule has 1 N–H and O–H groups in total. The van der Waals surface area contributed by atoms with Crippen molar-refractivity contribution in [2.45, 2.75) is 38.5 Å². The van der Waals surface area contributed by atoms with Crippen molar-refractivity contribution in [3.8, 4) is 5.75 Å². The molecule has 0 saturated carbocycles. The van der Waals surface area contributed by atoms with E-state index in [1.54, 1.807) is 7.11 Å². The SMILES string of the molecule is CCC(=O)NCC[C@H]1CCc2cc(Br)c(OC)cc21. The van der Waals surface area contributed by atoms with Crippen LogP contribution in [0.15, 0.2) is 16.6 Å². The number of aryl methyl sites for hydroxylation is 1. The lowest BCUT2D eigenvalue weighted by Gasteiger charge is -2.14. The predicted molar refractivity (Wildman–Crippen MR) is 79.7 cm³/mol. The van der Waals surface area contributed by atoms with Gasteiger partial charge in [0, 0.05) is 13.0 Å². The summed E-state index contributed by atoms with van der Waals surface area (Å²) >= 11 is 3.53. The van der Waals surface area contributed by atoms with Gasteiger partial charge < -0.3 is 10.1 Å². The standard InChI is InChI=1S/C15H20BrNO2/c1-3-15(18)17-7-6-10-4-5-11-8-13(16)14(19-2)9-12(10)11/h8-10H,3-7H2,1-2H3,(H,17,18)/t10-/m1/s1. The summed E-state index contributed by atoms with van der Waals surface area (Å²) in [7, 11) is 1.69. The lowest BCUT2D eigenvalue weighted by Crippen LogP contribution is -2.24.